The molecule has 0 unspecified atom stereocenters. The van der Waals surface area contributed by atoms with E-state index < -0.39 is 10.0 Å². The van der Waals surface area contributed by atoms with Crippen LogP contribution in [0, 0.1) is 6.92 Å². The predicted octanol–water partition coefficient (Wildman–Crippen LogP) is 3.70. The number of nitrogens with zero attached hydrogens (tertiary/aromatic N) is 6. The smallest absolute Gasteiger partial charge is 0.242 e. The van der Waals surface area contributed by atoms with Gasteiger partial charge in [0.15, 0.2) is 11.0 Å². The fourth-order valence-electron chi connectivity index (χ4n) is 3.60. The maximum Gasteiger partial charge on any atom is 0.242 e. The molecule has 0 atom stereocenters. The summed E-state index contributed by atoms with van der Waals surface area (Å²) in [5, 5.41) is 9.54. The first kappa shape index (κ1) is 22.5. The summed E-state index contributed by atoms with van der Waals surface area (Å²) < 4.78 is 30.3. The van der Waals surface area contributed by atoms with Crippen LogP contribution < -0.4 is 0 Å². The molecule has 0 radical (unpaired) electrons. The van der Waals surface area contributed by atoms with Gasteiger partial charge in [0.05, 0.1) is 21.7 Å². The topological polar surface area (TPSA) is 85.9 Å². The number of sulfonamides is 1. The lowest BCUT2D eigenvalue weighted by Gasteiger charge is -2.11. The third-order valence-corrected chi connectivity index (χ3v) is 8.16. The first-order valence-electron chi connectivity index (χ1n) is 10.2. The van der Waals surface area contributed by atoms with Crippen molar-refractivity contribution in [2.75, 3.05) is 14.1 Å². The van der Waals surface area contributed by atoms with Gasteiger partial charge in [0, 0.05) is 33.3 Å². The molecule has 0 aliphatic carbocycles. The summed E-state index contributed by atoms with van der Waals surface area (Å²) in [5.41, 5.74) is 3.79. The first-order chi connectivity index (χ1) is 15.2. The molecule has 8 nitrogen and oxygen atoms in total. The second-order valence-corrected chi connectivity index (χ2v) is 10.8. The maximum atomic E-state index is 12.5. The van der Waals surface area contributed by atoms with E-state index in [4.69, 9.17) is 4.98 Å². The van der Waals surface area contributed by atoms with Gasteiger partial charge in [-0.25, -0.2) is 17.7 Å². The normalized spacial score (nSPS) is 12.2. The molecule has 0 spiro atoms. The van der Waals surface area contributed by atoms with Crippen molar-refractivity contribution < 1.29 is 8.42 Å². The molecule has 2 aromatic heterocycles. The molecule has 0 aliphatic rings. The molecule has 0 saturated heterocycles. The van der Waals surface area contributed by atoms with Gasteiger partial charge >= 0.3 is 0 Å². The van der Waals surface area contributed by atoms with Gasteiger partial charge in [-0.2, -0.15) is 0 Å². The second kappa shape index (κ2) is 8.68. The molecule has 10 heteroatoms. The zero-order valence-electron chi connectivity index (χ0n) is 18.8. The Morgan fingerprint density at radius 2 is 1.88 bits per heavy atom. The Morgan fingerprint density at radius 1 is 1.09 bits per heavy atom. The molecule has 4 aromatic rings. The van der Waals surface area contributed by atoms with Crippen LogP contribution in [0.1, 0.15) is 18.3 Å². The van der Waals surface area contributed by atoms with Crippen LogP contribution >= 0.6 is 11.8 Å². The molecule has 2 aromatic carbocycles. The molecule has 0 fully saturated rings. The van der Waals surface area contributed by atoms with Gasteiger partial charge in [-0.15, -0.1) is 10.2 Å². The van der Waals surface area contributed by atoms with Crippen molar-refractivity contribution in [2.24, 2.45) is 7.05 Å². The molecule has 0 aliphatic heterocycles. The van der Waals surface area contributed by atoms with E-state index in [0.29, 0.717) is 11.3 Å². The largest absolute Gasteiger partial charge is 0.328 e. The van der Waals surface area contributed by atoms with E-state index in [9.17, 15) is 8.42 Å². The van der Waals surface area contributed by atoms with Gasteiger partial charge in [-0.1, -0.05) is 35.5 Å². The Labute approximate surface area is 192 Å². The standard InChI is InChI=1S/C22H26N6O2S2/c1-6-28-19-11-10-17(32(29,30)26(3)4)13-18(19)23-20(28)14-31-22-25-24-21(27(22)5)16-9-7-8-15(2)12-16/h7-13H,6,14H2,1-5H3. The highest BCUT2D eigenvalue weighted by Crippen LogP contribution is 2.28. The summed E-state index contributed by atoms with van der Waals surface area (Å²) in [6.45, 7) is 4.84. The van der Waals surface area contributed by atoms with Crippen LogP contribution in [0.25, 0.3) is 22.4 Å². The number of benzene rings is 2. The average Bonchev–Trinajstić information content (AvgIpc) is 3.30. The second-order valence-electron chi connectivity index (χ2n) is 7.73. The maximum absolute atomic E-state index is 12.5. The Balaban J connectivity index is 1.62. The van der Waals surface area contributed by atoms with E-state index in [0.717, 1.165) is 34.4 Å². The van der Waals surface area contributed by atoms with E-state index in [2.05, 4.69) is 40.7 Å². The molecule has 168 valence electrons. The first-order valence-corrected chi connectivity index (χ1v) is 12.7. The van der Waals surface area contributed by atoms with E-state index in [1.165, 1.54) is 24.0 Å². The lowest BCUT2D eigenvalue weighted by molar-refractivity contribution is 0.521. The van der Waals surface area contributed by atoms with Crippen molar-refractivity contribution in [3.63, 3.8) is 0 Å². The molecule has 32 heavy (non-hydrogen) atoms. The number of hydrogen-bond acceptors (Lipinski definition) is 6. The number of rotatable bonds is 7. The van der Waals surface area contributed by atoms with E-state index in [1.54, 1.807) is 23.9 Å². The lowest BCUT2D eigenvalue weighted by Crippen LogP contribution is -2.22. The van der Waals surface area contributed by atoms with Crippen molar-refractivity contribution in [3.05, 3.63) is 53.9 Å². The Hall–Kier alpha value is -2.69. The van der Waals surface area contributed by atoms with Crippen molar-refractivity contribution in [2.45, 2.75) is 36.2 Å². The fourth-order valence-corrected chi connectivity index (χ4v) is 5.38. The van der Waals surface area contributed by atoms with Crippen molar-refractivity contribution in [1.29, 1.82) is 0 Å². The monoisotopic (exact) mass is 470 g/mol. The summed E-state index contributed by atoms with van der Waals surface area (Å²) in [7, 11) is 1.50. The van der Waals surface area contributed by atoms with Gasteiger partial charge in [-0.3, -0.25) is 0 Å². The minimum Gasteiger partial charge on any atom is -0.328 e. The number of aryl methyl sites for hydroxylation is 2. The molecule has 4 rings (SSSR count). The highest BCUT2D eigenvalue weighted by atomic mass is 32.2. The van der Waals surface area contributed by atoms with Crippen LogP contribution in [-0.4, -0.2) is 51.1 Å². The quantitative estimate of drug-likeness (QED) is 0.383. The van der Waals surface area contributed by atoms with Crippen molar-refractivity contribution in [1.82, 2.24) is 28.6 Å². The van der Waals surface area contributed by atoms with Crippen LogP contribution in [0.5, 0.6) is 0 Å². The number of fused-ring (bicyclic) bond motifs is 1. The molecule has 0 bridgehead atoms. The zero-order valence-corrected chi connectivity index (χ0v) is 20.4. The van der Waals surface area contributed by atoms with Crippen molar-refractivity contribution in [3.8, 4) is 11.4 Å². The summed E-state index contributed by atoms with van der Waals surface area (Å²) in [4.78, 5) is 4.98. The lowest BCUT2D eigenvalue weighted by atomic mass is 10.1. The summed E-state index contributed by atoms with van der Waals surface area (Å²) >= 11 is 1.56. The minimum absolute atomic E-state index is 0.242. The Kier molecular flexibility index (Phi) is 6.11. The number of aromatic nitrogens is 5. The van der Waals surface area contributed by atoms with E-state index in [1.807, 2.05) is 29.8 Å². The van der Waals surface area contributed by atoms with Gasteiger partial charge in [0.1, 0.15) is 5.82 Å². The average molecular weight is 471 g/mol. The van der Waals surface area contributed by atoms with Crippen LogP contribution in [-0.2, 0) is 29.4 Å². The summed E-state index contributed by atoms with van der Waals surface area (Å²) in [6, 6.07) is 13.3. The van der Waals surface area contributed by atoms with Crippen LogP contribution in [0.15, 0.2) is 52.5 Å². The molecule has 0 amide bonds. The Bertz CT molecular complexity index is 1390. The zero-order chi connectivity index (χ0) is 23.0. The van der Waals surface area contributed by atoms with Gasteiger partial charge < -0.3 is 9.13 Å². The van der Waals surface area contributed by atoms with Crippen LogP contribution in [0.4, 0.5) is 0 Å². The third kappa shape index (κ3) is 4.05. The molecular weight excluding hydrogens is 444 g/mol. The van der Waals surface area contributed by atoms with Crippen LogP contribution in [0.3, 0.4) is 0 Å². The molecule has 0 N–H and O–H groups in total. The van der Waals surface area contributed by atoms with Gasteiger partial charge in [-0.05, 0) is 38.1 Å². The SMILES string of the molecule is CCn1c(CSc2nnc(-c3cccc(C)c3)n2C)nc2cc(S(=O)(=O)N(C)C)ccc21. The fraction of sp³-hybridized carbons (Fsp3) is 0.318. The number of imidazole rings is 1. The molecular formula is C22H26N6O2S2. The van der Waals surface area contributed by atoms with Crippen LogP contribution in [0.2, 0.25) is 0 Å². The predicted molar refractivity (Wildman–Crippen MR) is 127 cm³/mol. The molecule has 2 heterocycles. The third-order valence-electron chi connectivity index (χ3n) is 5.34. The van der Waals surface area contributed by atoms with Gasteiger partial charge in [0.25, 0.3) is 0 Å². The number of hydrogen-bond donors (Lipinski definition) is 0. The summed E-state index contributed by atoms with van der Waals surface area (Å²) in [6.07, 6.45) is 0. The van der Waals surface area contributed by atoms with Gasteiger partial charge in [0.2, 0.25) is 10.0 Å². The van der Waals surface area contributed by atoms with E-state index in [-0.39, 0.29) is 4.90 Å². The highest BCUT2D eigenvalue weighted by molar-refractivity contribution is 7.98. The van der Waals surface area contributed by atoms with Crippen molar-refractivity contribution >= 4 is 32.8 Å². The molecule has 0 saturated carbocycles. The van der Waals surface area contributed by atoms with E-state index >= 15 is 0 Å². The number of thioether (sulfide) groups is 1. The Morgan fingerprint density at radius 3 is 2.56 bits per heavy atom. The highest BCUT2D eigenvalue weighted by Gasteiger charge is 2.20. The summed E-state index contributed by atoms with van der Waals surface area (Å²) in [5.74, 6) is 2.28. The minimum atomic E-state index is -3.51.